The average Bonchev–Trinajstić information content (AvgIpc) is 3.37. The fraction of sp³-hybridized carbons (Fsp3) is 0.278. The minimum absolute atomic E-state index is 0.0763. The molecule has 4 heterocycles. The molecule has 1 aromatic carbocycles. The summed E-state index contributed by atoms with van der Waals surface area (Å²) in [4.78, 5) is 4.37. The zero-order valence-corrected chi connectivity index (χ0v) is 14.3. The molecule has 3 aromatic heterocycles. The summed E-state index contributed by atoms with van der Waals surface area (Å²) >= 11 is 0. The highest BCUT2D eigenvalue weighted by atomic mass is 16.5. The lowest BCUT2D eigenvalue weighted by Crippen LogP contribution is -2.16. The van der Waals surface area contributed by atoms with Gasteiger partial charge in [0.05, 0.1) is 29.6 Å². The van der Waals surface area contributed by atoms with Crippen LogP contribution in [0.3, 0.4) is 0 Å². The quantitative estimate of drug-likeness (QED) is 0.588. The molecule has 1 fully saturated rings. The summed E-state index contributed by atoms with van der Waals surface area (Å²) in [5, 5.41) is 16.1. The smallest absolute Gasteiger partial charge is 0.241 e. The van der Waals surface area contributed by atoms with Crippen molar-refractivity contribution < 1.29 is 9.47 Å². The van der Waals surface area contributed by atoms with Gasteiger partial charge in [-0.1, -0.05) is 0 Å². The highest BCUT2D eigenvalue weighted by Gasteiger charge is 2.20. The maximum absolute atomic E-state index is 6.01. The Balaban J connectivity index is 1.47. The van der Waals surface area contributed by atoms with E-state index in [2.05, 4.69) is 25.6 Å². The molecule has 1 aliphatic rings. The van der Waals surface area contributed by atoms with Gasteiger partial charge >= 0.3 is 0 Å². The molecule has 0 bridgehead atoms. The molecular weight excluding hydrogens is 332 g/mol. The highest BCUT2D eigenvalue weighted by Crippen LogP contribution is 2.30. The largest absolute Gasteiger partial charge is 0.470 e. The molecule has 4 aromatic rings. The molecule has 0 radical (unpaired) electrons. The number of hydrogen-bond acceptors (Lipinski definition) is 6. The van der Waals surface area contributed by atoms with Gasteiger partial charge in [0.15, 0.2) is 5.82 Å². The Morgan fingerprint density at radius 1 is 1.35 bits per heavy atom. The van der Waals surface area contributed by atoms with Crippen LogP contribution in [0.25, 0.3) is 21.9 Å². The van der Waals surface area contributed by atoms with E-state index < -0.39 is 0 Å². The molecular formula is C18H18N6O2. The van der Waals surface area contributed by atoms with Gasteiger partial charge in [-0.25, -0.2) is 0 Å². The predicted octanol–water partition coefficient (Wildman–Crippen LogP) is 2.76. The minimum Gasteiger partial charge on any atom is -0.470 e. The van der Waals surface area contributed by atoms with Gasteiger partial charge < -0.3 is 14.8 Å². The number of nitrogens with one attached hydrogen (secondary N) is 2. The number of ether oxygens (including phenoxy) is 2. The zero-order valence-electron chi connectivity index (χ0n) is 14.3. The van der Waals surface area contributed by atoms with Crippen molar-refractivity contribution in [1.82, 2.24) is 25.0 Å². The summed E-state index contributed by atoms with van der Waals surface area (Å²) in [6.07, 6.45) is 2.73. The summed E-state index contributed by atoms with van der Waals surface area (Å²) in [7, 11) is 1.91. The van der Waals surface area contributed by atoms with E-state index in [9.17, 15) is 0 Å². The maximum Gasteiger partial charge on any atom is 0.241 e. The number of aryl methyl sites for hydroxylation is 1. The van der Waals surface area contributed by atoms with Crippen LogP contribution in [0.5, 0.6) is 5.88 Å². The lowest BCUT2D eigenvalue weighted by atomic mass is 10.2. The van der Waals surface area contributed by atoms with Crippen molar-refractivity contribution in [1.29, 1.82) is 0 Å². The third kappa shape index (κ3) is 2.55. The Kier molecular flexibility index (Phi) is 3.49. The molecule has 0 amide bonds. The highest BCUT2D eigenvalue weighted by molar-refractivity contribution is 5.91. The Morgan fingerprint density at radius 3 is 3.19 bits per heavy atom. The van der Waals surface area contributed by atoms with E-state index in [0.29, 0.717) is 18.3 Å². The van der Waals surface area contributed by atoms with Crippen LogP contribution in [0, 0.1) is 0 Å². The first-order chi connectivity index (χ1) is 12.8. The monoisotopic (exact) mass is 350 g/mol. The lowest BCUT2D eigenvalue weighted by Gasteiger charge is -2.09. The fourth-order valence-electron chi connectivity index (χ4n) is 3.23. The second kappa shape index (κ2) is 5.99. The van der Waals surface area contributed by atoms with Crippen LogP contribution in [0.2, 0.25) is 0 Å². The van der Waals surface area contributed by atoms with E-state index in [-0.39, 0.29) is 6.10 Å². The number of rotatable bonds is 4. The second-order valence-electron chi connectivity index (χ2n) is 6.36. The van der Waals surface area contributed by atoms with Crippen LogP contribution in [0.15, 0.2) is 36.5 Å². The summed E-state index contributed by atoms with van der Waals surface area (Å²) < 4.78 is 13.2. The van der Waals surface area contributed by atoms with E-state index >= 15 is 0 Å². The molecule has 1 unspecified atom stereocenters. The summed E-state index contributed by atoms with van der Waals surface area (Å²) in [5.41, 5.74) is 3.60. The number of pyridine rings is 1. The van der Waals surface area contributed by atoms with Crippen LogP contribution in [-0.4, -0.2) is 44.3 Å². The number of nitrogens with zero attached hydrogens (tertiary/aromatic N) is 4. The average molecular weight is 350 g/mol. The third-order valence-electron chi connectivity index (χ3n) is 4.57. The van der Waals surface area contributed by atoms with E-state index in [1.807, 2.05) is 42.1 Å². The fourth-order valence-corrected chi connectivity index (χ4v) is 3.23. The Morgan fingerprint density at radius 2 is 2.31 bits per heavy atom. The first-order valence-corrected chi connectivity index (χ1v) is 8.55. The van der Waals surface area contributed by atoms with Crippen molar-refractivity contribution in [2.45, 2.75) is 12.5 Å². The number of hydrogen-bond donors (Lipinski definition) is 2. The number of benzene rings is 1. The molecule has 2 N–H and O–H groups in total. The second-order valence-corrected chi connectivity index (χ2v) is 6.36. The SMILES string of the molecule is Cn1nc(OC2CCOC2)c2ccc(Nc3n[nH]c4cccnc34)cc21. The predicted molar refractivity (Wildman–Crippen MR) is 97.7 cm³/mol. The Labute approximate surface area is 149 Å². The normalized spacial score (nSPS) is 17.2. The van der Waals surface area contributed by atoms with Gasteiger partial charge in [0.25, 0.3) is 0 Å². The molecule has 8 heteroatoms. The van der Waals surface area contributed by atoms with Crippen LogP contribution >= 0.6 is 0 Å². The van der Waals surface area contributed by atoms with Gasteiger partial charge in [-0.2, -0.15) is 5.10 Å². The van der Waals surface area contributed by atoms with Crippen molar-refractivity contribution in [2.75, 3.05) is 18.5 Å². The van der Waals surface area contributed by atoms with E-state index in [0.717, 1.165) is 40.7 Å². The first-order valence-electron chi connectivity index (χ1n) is 8.55. The minimum atomic E-state index is 0.0763. The van der Waals surface area contributed by atoms with Gasteiger partial charge in [0.2, 0.25) is 5.88 Å². The Bertz CT molecular complexity index is 1080. The summed E-state index contributed by atoms with van der Waals surface area (Å²) in [5.74, 6) is 1.35. The van der Waals surface area contributed by atoms with Gasteiger partial charge in [-0.3, -0.25) is 14.8 Å². The zero-order chi connectivity index (χ0) is 17.5. The van der Waals surface area contributed by atoms with Crippen molar-refractivity contribution in [2.24, 2.45) is 7.05 Å². The number of fused-ring (bicyclic) bond motifs is 2. The van der Waals surface area contributed by atoms with Crippen LogP contribution < -0.4 is 10.1 Å². The lowest BCUT2D eigenvalue weighted by molar-refractivity contribution is 0.138. The van der Waals surface area contributed by atoms with Gasteiger partial charge in [-0.05, 0) is 30.3 Å². The summed E-state index contributed by atoms with van der Waals surface area (Å²) in [6.45, 7) is 1.37. The van der Waals surface area contributed by atoms with E-state index in [1.165, 1.54) is 0 Å². The van der Waals surface area contributed by atoms with Gasteiger partial charge in [0, 0.05) is 25.4 Å². The van der Waals surface area contributed by atoms with Crippen molar-refractivity contribution in [3.8, 4) is 5.88 Å². The van der Waals surface area contributed by atoms with Crippen molar-refractivity contribution in [3.05, 3.63) is 36.5 Å². The Hall–Kier alpha value is -3.13. The van der Waals surface area contributed by atoms with Crippen LogP contribution in [-0.2, 0) is 11.8 Å². The molecule has 0 spiro atoms. The number of H-pyrrole nitrogens is 1. The molecule has 1 aliphatic heterocycles. The molecule has 26 heavy (non-hydrogen) atoms. The van der Waals surface area contributed by atoms with Crippen molar-refractivity contribution >= 4 is 33.4 Å². The van der Waals surface area contributed by atoms with Crippen molar-refractivity contribution in [3.63, 3.8) is 0 Å². The number of aromatic amines is 1. The van der Waals surface area contributed by atoms with Crippen LogP contribution in [0.1, 0.15) is 6.42 Å². The molecule has 0 saturated carbocycles. The molecule has 8 nitrogen and oxygen atoms in total. The molecule has 1 saturated heterocycles. The number of anilines is 2. The van der Waals surface area contributed by atoms with Gasteiger partial charge in [-0.15, -0.1) is 5.10 Å². The maximum atomic E-state index is 6.01. The third-order valence-corrected chi connectivity index (χ3v) is 4.57. The molecule has 1 atom stereocenters. The van der Waals surface area contributed by atoms with E-state index in [4.69, 9.17) is 9.47 Å². The van der Waals surface area contributed by atoms with E-state index in [1.54, 1.807) is 6.20 Å². The first kappa shape index (κ1) is 15.2. The molecule has 0 aliphatic carbocycles. The number of aromatic nitrogens is 5. The molecule has 132 valence electrons. The van der Waals surface area contributed by atoms with Gasteiger partial charge in [0.1, 0.15) is 11.6 Å². The van der Waals surface area contributed by atoms with Crippen LogP contribution in [0.4, 0.5) is 11.5 Å². The topological polar surface area (TPSA) is 89.9 Å². The molecule has 5 rings (SSSR count). The standard InChI is InChI=1S/C18H18N6O2/c1-24-15-9-11(20-17-16-14(21-22-17)3-2-7-19-16)4-5-13(15)18(23-24)26-12-6-8-25-10-12/h2-5,7,9,12H,6,8,10H2,1H3,(H2,20,21,22). The summed E-state index contributed by atoms with van der Waals surface area (Å²) in [6, 6.07) is 9.86.